The lowest BCUT2D eigenvalue weighted by molar-refractivity contribution is 0.554. The van der Waals surface area contributed by atoms with Gasteiger partial charge in [0.15, 0.2) is 5.65 Å². The summed E-state index contributed by atoms with van der Waals surface area (Å²) in [5.41, 5.74) is 9.71. The summed E-state index contributed by atoms with van der Waals surface area (Å²) in [7, 11) is 0. The van der Waals surface area contributed by atoms with Crippen LogP contribution >= 0.6 is 0 Å². The predicted molar refractivity (Wildman–Crippen MR) is 72.6 cm³/mol. The second-order valence-corrected chi connectivity index (χ2v) is 4.67. The Morgan fingerprint density at radius 1 is 1.44 bits per heavy atom. The lowest BCUT2D eigenvalue weighted by atomic mass is 10.1. The van der Waals surface area contributed by atoms with Gasteiger partial charge in [0.1, 0.15) is 0 Å². The average molecular weight is 247 g/mol. The number of nitrogens with two attached hydrogens (primary N) is 1. The topological polar surface area (TPSA) is 68.2 Å². The van der Waals surface area contributed by atoms with Crippen molar-refractivity contribution in [3.8, 4) is 0 Å². The van der Waals surface area contributed by atoms with Crippen LogP contribution in [-0.4, -0.2) is 27.7 Å². The molecule has 0 aliphatic carbocycles. The van der Waals surface area contributed by atoms with Crippen LogP contribution in [0.1, 0.15) is 36.3 Å². The number of aryl methyl sites for hydroxylation is 2. The number of hydrogen-bond donors (Lipinski definition) is 2. The number of nitrogens with zero attached hydrogens (tertiary/aromatic N) is 3. The predicted octanol–water partition coefficient (Wildman–Crippen LogP) is 1.35. The van der Waals surface area contributed by atoms with E-state index in [1.807, 2.05) is 23.7 Å². The monoisotopic (exact) mass is 247 g/mol. The van der Waals surface area contributed by atoms with Crippen LogP contribution in [0.5, 0.6) is 0 Å². The van der Waals surface area contributed by atoms with E-state index >= 15 is 0 Å². The molecular formula is C13H21N5. The van der Waals surface area contributed by atoms with E-state index in [2.05, 4.69) is 29.2 Å². The van der Waals surface area contributed by atoms with Crippen molar-refractivity contribution in [3.05, 3.63) is 29.2 Å². The maximum atomic E-state index is 5.49. The van der Waals surface area contributed by atoms with Crippen LogP contribution in [0.25, 0.3) is 5.65 Å². The highest BCUT2D eigenvalue weighted by Crippen LogP contribution is 2.17. The van der Waals surface area contributed by atoms with Crippen molar-refractivity contribution in [2.45, 2.75) is 33.2 Å². The van der Waals surface area contributed by atoms with Gasteiger partial charge in [-0.1, -0.05) is 0 Å². The minimum absolute atomic E-state index is 0.262. The van der Waals surface area contributed by atoms with Gasteiger partial charge in [-0.2, -0.15) is 5.10 Å². The third-order valence-electron chi connectivity index (χ3n) is 3.18. The third kappa shape index (κ3) is 2.52. The Bertz CT molecular complexity index is 531. The lowest BCUT2D eigenvalue weighted by Gasteiger charge is -2.16. The summed E-state index contributed by atoms with van der Waals surface area (Å²) in [4.78, 5) is 4.45. The van der Waals surface area contributed by atoms with E-state index in [1.165, 1.54) is 5.56 Å². The Morgan fingerprint density at radius 2 is 2.22 bits per heavy atom. The van der Waals surface area contributed by atoms with E-state index < -0.39 is 0 Å². The first kappa shape index (κ1) is 13.0. The lowest BCUT2D eigenvalue weighted by Crippen LogP contribution is -2.23. The zero-order chi connectivity index (χ0) is 13.1. The van der Waals surface area contributed by atoms with Gasteiger partial charge < -0.3 is 11.1 Å². The Balaban J connectivity index is 2.24. The molecule has 0 saturated carbocycles. The van der Waals surface area contributed by atoms with E-state index in [9.17, 15) is 0 Å². The van der Waals surface area contributed by atoms with Gasteiger partial charge in [-0.05, 0) is 40.3 Å². The van der Waals surface area contributed by atoms with Crippen LogP contribution in [0.2, 0.25) is 0 Å². The molecule has 18 heavy (non-hydrogen) atoms. The van der Waals surface area contributed by atoms with E-state index in [0.29, 0.717) is 6.54 Å². The SMILES string of the molecule is Cc1cc2ncc(C(C)NCCCN)c(C)n2n1. The second kappa shape index (κ2) is 5.46. The smallest absolute Gasteiger partial charge is 0.155 e. The first-order chi connectivity index (χ1) is 8.63. The number of rotatable bonds is 5. The molecule has 0 fully saturated rings. The van der Waals surface area contributed by atoms with Crippen molar-refractivity contribution in [2.24, 2.45) is 5.73 Å². The van der Waals surface area contributed by atoms with Crippen molar-refractivity contribution in [1.29, 1.82) is 0 Å². The summed E-state index contributed by atoms with van der Waals surface area (Å²) in [5.74, 6) is 0. The van der Waals surface area contributed by atoms with E-state index in [1.54, 1.807) is 0 Å². The molecular weight excluding hydrogens is 226 g/mol. The number of fused-ring (bicyclic) bond motifs is 1. The van der Waals surface area contributed by atoms with Crippen LogP contribution < -0.4 is 11.1 Å². The second-order valence-electron chi connectivity index (χ2n) is 4.67. The largest absolute Gasteiger partial charge is 0.330 e. The molecule has 0 radical (unpaired) electrons. The summed E-state index contributed by atoms with van der Waals surface area (Å²) < 4.78 is 1.91. The number of hydrogen-bond acceptors (Lipinski definition) is 4. The zero-order valence-corrected chi connectivity index (χ0v) is 11.3. The van der Waals surface area contributed by atoms with E-state index in [0.717, 1.165) is 30.0 Å². The van der Waals surface area contributed by atoms with Gasteiger partial charge in [0.05, 0.1) is 5.69 Å². The van der Waals surface area contributed by atoms with Gasteiger partial charge in [0, 0.05) is 29.6 Å². The Hall–Kier alpha value is -1.46. The molecule has 0 amide bonds. The summed E-state index contributed by atoms with van der Waals surface area (Å²) in [6, 6.07) is 2.25. The quantitative estimate of drug-likeness (QED) is 0.782. The van der Waals surface area contributed by atoms with Crippen LogP contribution in [0.3, 0.4) is 0 Å². The van der Waals surface area contributed by atoms with Crippen molar-refractivity contribution in [2.75, 3.05) is 13.1 Å². The standard InChI is InChI=1S/C13H21N5/c1-9-7-13-16-8-12(11(3)18(13)17-9)10(2)15-6-4-5-14/h7-8,10,15H,4-6,14H2,1-3H3. The fraction of sp³-hybridized carbons (Fsp3) is 0.538. The van der Waals surface area contributed by atoms with Gasteiger partial charge in [-0.3, -0.25) is 0 Å². The average Bonchev–Trinajstić information content (AvgIpc) is 2.71. The highest BCUT2D eigenvalue weighted by molar-refractivity contribution is 5.42. The fourth-order valence-corrected chi connectivity index (χ4v) is 2.13. The van der Waals surface area contributed by atoms with Crippen LogP contribution in [0.15, 0.2) is 12.3 Å². The molecule has 2 heterocycles. The van der Waals surface area contributed by atoms with Gasteiger partial charge in [-0.15, -0.1) is 0 Å². The molecule has 2 aromatic rings. The normalized spacial score (nSPS) is 13.1. The summed E-state index contributed by atoms with van der Waals surface area (Å²) in [5, 5.41) is 7.91. The zero-order valence-electron chi connectivity index (χ0n) is 11.3. The van der Waals surface area contributed by atoms with Crippen molar-refractivity contribution in [1.82, 2.24) is 19.9 Å². The molecule has 0 aliphatic rings. The fourth-order valence-electron chi connectivity index (χ4n) is 2.13. The van der Waals surface area contributed by atoms with Gasteiger partial charge in [0.2, 0.25) is 0 Å². The van der Waals surface area contributed by atoms with Crippen molar-refractivity contribution in [3.63, 3.8) is 0 Å². The van der Waals surface area contributed by atoms with E-state index in [4.69, 9.17) is 5.73 Å². The van der Waals surface area contributed by atoms with Crippen LogP contribution in [0, 0.1) is 13.8 Å². The Labute approximate surface area is 107 Å². The highest BCUT2D eigenvalue weighted by atomic mass is 15.3. The molecule has 0 aliphatic heterocycles. The molecule has 5 nitrogen and oxygen atoms in total. The maximum absolute atomic E-state index is 5.49. The molecule has 0 aromatic carbocycles. The molecule has 5 heteroatoms. The molecule has 98 valence electrons. The Kier molecular flexibility index (Phi) is 3.93. The van der Waals surface area contributed by atoms with Crippen molar-refractivity contribution >= 4 is 5.65 Å². The van der Waals surface area contributed by atoms with Gasteiger partial charge >= 0.3 is 0 Å². The third-order valence-corrected chi connectivity index (χ3v) is 3.18. The number of nitrogens with one attached hydrogen (secondary N) is 1. The minimum atomic E-state index is 0.262. The molecule has 0 bridgehead atoms. The van der Waals surface area contributed by atoms with Gasteiger partial charge in [0.25, 0.3) is 0 Å². The van der Waals surface area contributed by atoms with Crippen molar-refractivity contribution < 1.29 is 0 Å². The maximum Gasteiger partial charge on any atom is 0.155 e. The summed E-state index contributed by atoms with van der Waals surface area (Å²) >= 11 is 0. The molecule has 0 saturated heterocycles. The summed E-state index contributed by atoms with van der Waals surface area (Å²) in [6.07, 6.45) is 2.92. The summed E-state index contributed by atoms with van der Waals surface area (Å²) in [6.45, 7) is 7.85. The van der Waals surface area contributed by atoms with Gasteiger partial charge in [-0.25, -0.2) is 9.50 Å². The Morgan fingerprint density at radius 3 is 2.94 bits per heavy atom. The van der Waals surface area contributed by atoms with Crippen LogP contribution in [-0.2, 0) is 0 Å². The molecule has 2 aromatic heterocycles. The van der Waals surface area contributed by atoms with Crippen LogP contribution in [0.4, 0.5) is 0 Å². The number of aromatic nitrogens is 3. The first-order valence-corrected chi connectivity index (χ1v) is 6.39. The highest BCUT2D eigenvalue weighted by Gasteiger charge is 2.12. The molecule has 2 rings (SSSR count). The molecule has 1 unspecified atom stereocenters. The van der Waals surface area contributed by atoms with E-state index in [-0.39, 0.29) is 6.04 Å². The first-order valence-electron chi connectivity index (χ1n) is 6.39. The molecule has 0 spiro atoms. The molecule has 1 atom stereocenters. The molecule has 3 N–H and O–H groups in total. The minimum Gasteiger partial charge on any atom is -0.330 e.